The molecule has 2 nitrogen and oxygen atoms in total. The molecule has 0 aliphatic heterocycles. The first-order valence-corrected chi connectivity index (χ1v) is 6.65. The monoisotopic (exact) mass is 233 g/mol. The highest BCUT2D eigenvalue weighted by molar-refractivity contribution is 5.05. The van der Waals surface area contributed by atoms with Gasteiger partial charge in [0.15, 0.2) is 0 Å². The van der Waals surface area contributed by atoms with Crippen LogP contribution in [0.4, 0.5) is 0 Å². The van der Waals surface area contributed by atoms with Crippen LogP contribution in [-0.2, 0) is 6.42 Å². The van der Waals surface area contributed by atoms with Crippen LogP contribution in [0.3, 0.4) is 0 Å². The SMILES string of the molecule is CC1(C)CCC(C(O)Cc2ccccn2)CC1. The van der Waals surface area contributed by atoms with Crippen LogP contribution in [0.2, 0.25) is 0 Å². The van der Waals surface area contributed by atoms with Crippen LogP contribution in [0.1, 0.15) is 45.2 Å². The van der Waals surface area contributed by atoms with Gasteiger partial charge < -0.3 is 5.11 Å². The average molecular weight is 233 g/mol. The van der Waals surface area contributed by atoms with Gasteiger partial charge in [-0.05, 0) is 49.1 Å². The van der Waals surface area contributed by atoms with Gasteiger partial charge in [0.25, 0.3) is 0 Å². The summed E-state index contributed by atoms with van der Waals surface area (Å²) in [5.74, 6) is 0.463. The van der Waals surface area contributed by atoms with Crippen LogP contribution in [0, 0.1) is 11.3 Å². The average Bonchev–Trinajstić information content (AvgIpc) is 2.30. The second-order valence-corrected chi connectivity index (χ2v) is 6.09. The number of aliphatic hydroxyl groups excluding tert-OH is 1. The maximum absolute atomic E-state index is 10.3. The van der Waals surface area contributed by atoms with Crippen molar-refractivity contribution in [2.24, 2.45) is 11.3 Å². The molecule has 1 N–H and O–H groups in total. The van der Waals surface area contributed by atoms with Crippen molar-refractivity contribution in [3.63, 3.8) is 0 Å². The van der Waals surface area contributed by atoms with E-state index >= 15 is 0 Å². The zero-order valence-electron chi connectivity index (χ0n) is 10.9. The molecule has 2 heteroatoms. The maximum Gasteiger partial charge on any atom is 0.0623 e. The summed E-state index contributed by atoms with van der Waals surface area (Å²) < 4.78 is 0. The van der Waals surface area contributed by atoms with Crippen molar-refractivity contribution in [1.82, 2.24) is 4.98 Å². The molecule has 1 fully saturated rings. The largest absolute Gasteiger partial charge is 0.392 e. The van der Waals surface area contributed by atoms with E-state index in [2.05, 4.69) is 18.8 Å². The van der Waals surface area contributed by atoms with Crippen molar-refractivity contribution in [3.05, 3.63) is 30.1 Å². The molecule has 0 saturated heterocycles. The Bertz CT molecular complexity index is 337. The highest BCUT2D eigenvalue weighted by Crippen LogP contribution is 2.39. The van der Waals surface area contributed by atoms with Gasteiger partial charge in [0.2, 0.25) is 0 Å². The number of rotatable bonds is 3. The first-order valence-electron chi connectivity index (χ1n) is 6.65. The highest BCUT2D eigenvalue weighted by atomic mass is 16.3. The Labute approximate surface area is 104 Å². The van der Waals surface area contributed by atoms with Crippen LogP contribution in [-0.4, -0.2) is 16.2 Å². The number of aliphatic hydroxyl groups is 1. The molecule has 1 aromatic heterocycles. The Morgan fingerprint density at radius 1 is 1.35 bits per heavy atom. The summed E-state index contributed by atoms with van der Waals surface area (Å²) in [5.41, 5.74) is 1.48. The zero-order valence-corrected chi connectivity index (χ0v) is 10.9. The van der Waals surface area contributed by atoms with E-state index in [1.807, 2.05) is 18.2 Å². The van der Waals surface area contributed by atoms with Crippen LogP contribution in [0.15, 0.2) is 24.4 Å². The van der Waals surface area contributed by atoms with E-state index in [4.69, 9.17) is 0 Å². The molecular weight excluding hydrogens is 210 g/mol. The number of hydrogen-bond donors (Lipinski definition) is 1. The van der Waals surface area contributed by atoms with E-state index in [-0.39, 0.29) is 6.10 Å². The van der Waals surface area contributed by atoms with E-state index in [0.29, 0.717) is 17.8 Å². The Morgan fingerprint density at radius 2 is 2.06 bits per heavy atom. The lowest BCUT2D eigenvalue weighted by molar-refractivity contribution is 0.0570. The number of aromatic nitrogens is 1. The van der Waals surface area contributed by atoms with E-state index in [0.717, 1.165) is 18.5 Å². The number of nitrogens with zero attached hydrogens (tertiary/aromatic N) is 1. The molecule has 0 radical (unpaired) electrons. The molecule has 1 heterocycles. The van der Waals surface area contributed by atoms with Gasteiger partial charge in [-0.3, -0.25) is 4.98 Å². The highest BCUT2D eigenvalue weighted by Gasteiger charge is 2.30. The first kappa shape index (κ1) is 12.6. The number of hydrogen-bond acceptors (Lipinski definition) is 2. The van der Waals surface area contributed by atoms with Crippen molar-refractivity contribution in [2.75, 3.05) is 0 Å². The first-order chi connectivity index (χ1) is 8.07. The summed E-state index contributed by atoms with van der Waals surface area (Å²) in [4.78, 5) is 4.28. The molecule has 0 bridgehead atoms. The van der Waals surface area contributed by atoms with Crippen molar-refractivity contribution in [1.29, 1.82) is 0 Å². The summed E-state index contributed by atoms with van der Waals surface area (Å²) in [6.07, 6.45) is 7.05. The van der Waals surface area contributed by atoms with Gasteiger partial charge in [0.1, 0.15) is 0 Å². The third kappa shape index (κ3) is 3.53. The van der Waals surface area contributed by atoms with Gasteiger partial charge in [-0.25, -0.2) is 0 Å². The lowest BCUT2D eigenvalue weighted by atomic mass is 9.71. The molecule has 1 saturated carbocycles. The lowest BCUT2D eigenvalue weighted by Gasteiger charge is -2.36. The summed E-state index contributed by atoms with van der Waals surface area (Å²) >= 11 is 0. The van der Waals surface area contributed by atoms with Crippen molar-refractivity contribution in [3.8, 4) is 0 Å². The Balaban J connectivity index is 1.87. The summed E-state index contributed by atoms with van der Waals surface area (Å²) in [7, 11) is 0. The topological polar surface area (TPSA) is 33.1 Å². The molecule has 0 aromatic carbocycles. The van der Waals surface area contributed by atoms with Crippen LogP contribution in [0.5, 0.6) is 0 Å². The molecule has 0 amide bonds. The van der Waals surface area contributed by atoms with Gasteiger partial charge in [-0.2, -0.15) is 0 Å². The number of pyridine rings is 1. The predicted octanol–water partition coefficient (Wildman–Crippen LogP) is 3.20. The standard InChI is InChI=1S/C15H23NO/c1-15(2)8-6-12(7-9-15)14(17)11-13-5-3-4-10-16-13/h3-5,10,12,14,17H,6-9,11H2,1-2H3. The fourth-order valence-corrected chi connectivity index (χ4v) is 2.71. The Morgan fingerprint density at radius 3 is 2.65 bits per heavy atom. The van der Waals surface area contributed by atoms with E-state index in [9.17, 15) is 5.11 Å². The van der Waals surface area contributed by atoms with Gasteiger partial charge in [0.05, 0.1) is 6.10 Å². The summed E-state index contributed by atoms with van der Waals surface area (Å²) in [5, 5.41) is 10.3. The second kappa shape index (κ2) is 5.18. The van der Waals surface area contributed by atoms with E-state index < -0.39 is 0 Å². The van der Waals surface area contributed by atoms with Crippen molar-refractivity contribution < 1.29 is 5.11 Å². The zero-order chi connectivity index (χ0) is 12.3. The molecular formula is C15H23NO. The van der Waals surface area contributed by atoms with Crippen LogP contribution in [0.25, 0.3) is 0 Å². The minimum Gasteiger partial charge on any atom is -0.392 e. The van der Waals surface area contributed by atoms with Crippen LogP contribution < -0.4 is 0 Å². The Hall–Kier alpha value is -0.890. The van der Waals surface area contributed by atoms with Gasteiger partial charge in [0, 0.05) is 18.3 Å². The van der Waals surface area contributed by atoms with Gasteiger partial charge in [-0.1, -0.05) is 19.9 Å². The fraction of sp³-hybridized carbons (Fsp3) is 0.667. The third-order valence-electron chi connectivity index (χ3n) is 4.07. The summed E-state index contributed by atoms with van der Waals surface area (Å²) in [6, 6.07) is 5.90. The van der Waals surface area contributed by atoms with Crippen molar-refractivity contribution >= 4 is 0 Å². The minimum absolute atomic E-state index is 0.221. The van der Waals surface area contributed by atoms with Gasteiger partial charge in [-0.15, -0.1) is 0 Å². The molecule has 0 spiro atoms. The molecule has 17 heavy (non-hydrogen) atoms. The quantitative estimate of drug-likeness (QED) is 0.869. The molecule has 94 valence electrons. The minimum atomic E-state index is -0.221. The van der Waals surface area contributed by atoms with Crippen molar-refractivity contribution in [2.45, 2.75) is 52.1 Å². The molecule has 1 aliphatic rings. The van der Waals surface area contributed by atoms with Crippen LogP contribution >= 0.6 is 0 Å². The van der Waals surface area contributed by atoms with E-state index in [1.54, 1.807) is 6.20 Å². The molecule has 1 atom stereocenters. The third-order valence-corrected chi connectivity index (χ3v) is 4.07. The molecule has 1 aliphatic carbocycles. The molecule has 1 aromatic rings. The second-order valence-electron chi connectivity index (χ2n) is 6.09. The predicted molar refractivity (Wildman–Crippen MR) is 69.7 cm³/mol. The fourth-order valence-electron chi connectivity index (χ4n) is 2.71. The molecule has 1 unspecified atom stereocenters. The van der Waals surface area contributed by atoms with E-state index in [1.165, 1.54) is 12.8 Å². The molecule has 2 rings (SSSR count). The maximum atomic E-state index is 10.3. The van der Waals surface area contributed by atoms with Gasteiger partial charge >= 0.3 is 0 Å². The normalized spacial score (nSPS) is 22.3. The summed E-state index contributed by atoms with van der Waals surface area (Å²) in [6.45, 7) is 4.66. The smallest absolute Gasteiger partial charge is 0.0623 e. The Kier molecular flexibility index (Phi) is 3.82. The lowest BCUT2D eigenvalue weighted by Crippen LogP contribution is -2.30.